The highest BCUT2D eigenvalue weighted by Gasteiger charge is 2.13. The number of anilines is 1. The van der Waals surface area contributed by atoms with Crippen molar-refractivity contribution in [3.63, 3.8) is 0 Å². The van der Waals surface area contributed by atoms with Crippen LogP contribution in [0.3, 0.4) is 0 Å². The van der Waals surface area contributed by atoms with Crippen LogP contribution in [0.5, 0.6) is 5.75 Å². The molecular formula is C22H17Cl2N3O3. The smallest absolute Gasteiger partial charge is 0.329 e. The summed E-state index contributed by atoms with van der Waals surface area (Å²) in [4.78, 5) is 23.9. The number of nitrogens with zero attached hydrogens (tertiary/aromatic N) is 1. The van der Waals surface area contributed by atoms with Gasteiger partial charge in [-0.15, -0.1) is 0 Å². The van der Waals surface area contributed by atoms with Crippen LogP contribution in [0.1, 0.15) is 11.1 Å². The normalized spacial score (nSPS) is 10.6. The molecule has 6 nitrogen and oxygen atoms in total. The van der Waals surface area contributed by atoms with E-state index in [0.29, 0.717) is 33.7 Å². The third-order valence-electron chi connectivity index (χ3n) is 3.81. The number of carbonyl (C=O) groups is 2. The molecule has 0 spiro atoms. The van der Waals surface area contributed by atoms with Gasteiger partial charge in [0.2, 0.25) is 0 Å². The molecule has 30 heavy (non-hydrogen) atoms. The van der Waals surface area contributed by atoms with E-state index >= 15 is 0 Å². The van der Waals surface area contributed by atoms with Crippen LogP contribution in [0.15, 0.2) is 77.9 Å². The molecule has 0 aromatic heterocycles. The fourth-order valence-corrected chi connectivity index (χ4v) is 2.98. The molecule has 2 N–H and O–H groups in total. The van der Waals surface area contributed by atoms with Crippen molar-refractivity contribution in [2.75, 3.05) is 5.32 Å². The van der Waals surface area contributed by atoms with Gasteiger partial charge >= 0.3 is 11.8 Å². The number of rotatable bonds is 6. The van der Waals surface area contributed by atoms with Crippen molar-refractivity contribution in [2.24, 2.45) is 5.10 Å². The van der Waals surface area contributed by atoms with E-state index in [1.165, 1.54) is 24.4 Å². The van der Waals surface area contributed by atoms with Gasteiger partial charge in [0.15, 0.2) is 0 Å². The number of nitrogens with one attached hydrogen (secondary N) is 2. The second-order valence-corrected chi connectivity index (χ2v) is 7.03. The number of hydrogen-bond donors (Lipinski definition) is 2. The van der Waals surface area contributed by atoms with Gasteiger partial charge in [-0.25, -0.2) is 5.43 Å². The minimum atomic E-state index is -0.932. The van der Waals surface area contributed by atoms with E-state index in [1.807, 2.05) is 36.4 Å². The molecule has 3 aromatic rings. The predicted octanol–water partition coefficient (Wildman–Crippen LogP) is 4.66. The van der Waals surface area contributed by atoms with Crippen LogP contribution >= 0.6 is 23.2 Å². The lowest BCUT2D eigenvalue weighted by Gasteiger charge is -2.07. The number of amides is 2. The summed E-state index contributed by atoms with van der Waals surface area (Å²) in [6.07, 6.45) is 1.41. The summed E-state index contributed by atoms with van der Waals surface area (Å²) in [5.41, 5.74) is 4.22. The van der Waals surface area contributed by atoms with Crippen LogP contribution in [-0.2, 0) is 16.2 Å². The molecule has 8 heteroatoms. The van der Waals surface area contributed by atoms with Crippen molar-refractivity contribution in [2.45, 2.75) is 6.61 Å². The number of carbonyl (C=O) groups excluding carboxylic acids is 2. The standard InChI is InChI=1S/C22H17Cl2N3O3/c23-17-10-18(24)12-19(11-17)26-21(28)22(29)27-25-13-16-7-4-8-20(9-16)30-14-15-5-2-1-3-6-15/h1-13H,14H2,(H,26,28)(H,27,29)/b25-13-. The molecule has 0 aliphatic carbocycles. The largest absolute Gasteiger partial charge is 0.489 e. The Morgan fingerprint density at radius 1 is 0.900 bits per heavy atom. The topological polar surface area (TPSA) is 79.8 Å². The van der Waals surface area contributed by atoms with Crippen molar-refractivity contribution >= 4 is 46.9 Å². The summed E-state index contributed by atoms with van der Waals surface area (Å²) in [7, 11) is 0. The fourth-order valence-electron chi connectivity index (χ4n) is 2.46. The molecule has 0 heterocycles. The summed E-state index contributed by atoms with van der Waals surface area (Å²) in [5.74, 6) is -1.17. The summed E-state index contributed by atoms with van der Waals surface area (Å²) >= 11 is 11.7. The summed E-state index contributed by atoms with van der Waals surface area (Å²) in [5, 5.41) is 6.88. The lowest BCUT2D eigenvalue weighted by atomic mass is 10.2. The average Bonchev–Trinajstić information content (AvgIpc) is 2.72. The van der Waals surface area contributed by atoms with Crippen molar-refractivity contribution < 1.29 is 14.3 Å². The van der Waals surface area contributed by atoms with E-state index in [4.69, 9.17) is 27.9 Å². The molecule has 0 aliphatic rings. The number of benzene rings is 3. The Kier molecular flexibility index (Phi) is 7.43. The molecule has 2 amide bonds. The predicted molar refractivity (Wildman–Crippen MR) is 118 cm³/mol. The first-order valence-corrected chi connectivity index (χ1v) is 9.62. The summed E-state index contributed by atoms with van der Waals surface area (Å²) in [6, 6.07) is 21.4. The van der Waals surface area contributed by atoms with Gasteiger partial charge in [-0.05, 0) is 41.5 Å². The third-order valence-corrected chi connectivity index (χ3v) is 4.25. The minimum absolute atomic E-state index is 0.305. The zero-order valence-electron chi connectivity index (χ0n) is 15.6. The molecular weight excluding hydrogens is 425 g/mol. The van der Waals surface area contributed by atoms with Crippen LogP contribution in [0, 0.1) is 0 Å². The molecule has 0 bridgehead atoms. The van der Waals surface area contributed by atoms with Gasteiger partial charge in [0.1, 0.15) is 12.4 Å². The molecule has 0 radical (unpaired) electrons. The number of halogens is 2. The van der Waals surface area contributed by atoms with Crippen LogP contribution in [0.2, 0.25) is 10.0 Å². The highest BCUT2D eigenvalue weighted by atomic mass is 35.5. The lowest BCUT2D eigenvalue weighted by Crippen LogP contribution is -2.32. The average molecular weight is 442 g/mol. The highest BCUT2D eigenvalue weighted by molar-refractivity contribution is 6.40. The Balaban J connectivity index is 1.52. The Morgan fingerprint density at radius 2 is 1.63 bits per heavy atom. The van der Waals surface area contributed by atoms with E-state index in [-0.39, 0.29) is 0 Å². The Labute approximate surface area is 183 Å². The van der Waals surface area contributed by atoms with E-state index in [1.54, 1.807) is 18.2 Å². The maximum absolute atomic E-state index is 11.9. The maximum Gasteiger partial charge on any atom is 0.329 e. The van der Waals surface area contributed by atoms with Gasteiger partial charge in [-0.1, -0.05) is 65.7 Å². The summed E-state index contributed by atoms with van der Waals surface area (Å²) < 4.78 is 5.75. The van der Waals surface area contributed by atoms with E-state index in [9.17, 15) is 9.59 Å². The molecule has 0 fully saturated rings. The van der Waals surface area contributed by atoms with Crippen molar-refractivity contribution in [1.29, 1.82) is 0 Å². The Bertz CT molecular complexity index is 1050. The lowest BCUT2D eigenvalue weighted by molar-refractivity contribution is -0.136. The maximum atomic E-state index is 11.9. The summed E-state index contributed by atoms with van der Waals surface area (Å²) in [6.45, 7) is 0.436. The zero-order chi connectivity index (χ0) is 21.3. The van der Waals surface area contributed by atoms with Gasteiger partial charge in [0.25, 0.3) is 0 Å². The molecule has 152 valence electrons. The SMILES string of the molecule is O=C(N/N=C\c1cccc(OCc2ccccc2)c1)C(=O)Nc1cc(Cl)cc(Cl)c1. The van der Waals surface area contributed by atoms with E-state index < -0.39 is 11.8 Å². The number of hydrazone groups is 1. The van der Waals surface area contributed by atoms with E-state index in [0.717, 1.165) is 5.56 Å². The van der Waals surface area contributed by atoms with Gasteiger partial charge in [0, 0.05) is 15.7 Å². The fraction of sp³-hybridized carbons (Fsp3) is 0.0455. The molecule has 3 aromatic carbocycles. The zero-order valence-corrected chi connectivity index (χ0v) is 17.2. The van der Waals surface area contributed by atoms with Crippen LogP contribution < -0.4 is 15.5 Å². The molecule has 0 atom stereocenters. The van der Waals surface area contributed by atoms with Crippen molar-refractivity contribution in [3.05, 3.63) is 94.0 Å². The van der Waals surface area contributed by atoms with Gasteiger partial charge < -0.3 is 10.1 Å². The first kappa shape index (κ1) is 21.4. The van der Waals surface area contributed by atoms with Crippen LogP contribution in [0.25, 0.3) is 0 Å². The van der Waals surface area contributed by atoms with Crippen molar-refractivity contribution in [3.8, 4) is 5.75 Å². The van der Waals surface area contributed by atoms with Gasteiger partial charge in [0.05, 0.1) is 6.21 Å². The van der Waals surface area contributed by atoms with Crippen LogP contribution in [0.4, 0.5) is 5.69 Å². The minimum Gasteiger partial charge on any atom is -0.489 e. The number of ether oxygens (including phenoxy) is 1. The first-order valence-electron chi connectivity index (χ1n) is 8.87. The molecule has 0 aliphatic heterocycles. The molecule has 3 rings (SSSR count). The van der Waals surface area contributed by atoms with Gasteiger partial charge in [-0.3, -0.25) is 9.59 Å². The van der Waals surface area contributed by atoms with Crippen molar-refractivity contribution in [1.82, 2.24) is 5.43 Å². The first-order chi connectivity index (χ1) is 14.5. The van der Waals surface area contributed by atoms with E-state index in [2.05, 4.69) is 15.8 Å². The van der Waals surface area contributed by atoms with Gasteiger partial charge in [-0.2, -0.15) is 5.10 Å². The molecule has 0 unspecified atom stereocenters. The number of hydrogen-bond acceptors (Lipinski definition) is 4. The second kappa shape index (κ2) is 10.4. The third kappa shape index (κ3) is 6.62. The highest BCUT2D eigenvalue weighted by Crippen LogP contribution is 2.22. The molecule has 0 saturated heterocycles. The van der Waals surface area contributed by atoms with Crippen LogP contribution in [-0.4, -0.2) is 18.0 Å². The monoisotopic (exact) mass is 441 g/mol. The second-order valence-electron chi connectivity index (χ2n) is 6.16. The Morgan fingerprint density at radius 3 is 2.37 bits per heavy atom. The molecule has 0 saturated carbocycles. The Hall–Kier alpha value is -3.35. The quantitative estimate of drug-likeness (QED) is 0.331.